The zero-order chi connectivity index (χ0) is 14.7. The van der Waals surface area contributed by atoms with Crippen molar-refractivity contribution in [2.75, 3.05) is 33.9 Å². The molecule has 0 aromatic carbocycles. The number of likely N-dealkylation sites (N-methyl/N-ethyl adjacent to an activating group) is 1. The first-order valence-electron chi connectivity index (χ1n) is 6.62. The van der Waals surface area contributed by atoms with E-state index in [4.69, 9.17) is 4.74 Å². The molecule has 0 aromatic heterocycles. The summed E-state index contributed by atoms with van der Waals surface area (Å²) in [6.45, 7) is 2.67. The second-order valence-corrected chi connectivity index (χ2v) is 4.68. The van der Waals surface area contributed by atoms with Gasteiger partial charge in [-0.05, 0) is 12.8 Å². The summed E-state index contributed by atoms with van der Waals surface area (Å²) in [4.78, 5) is 23.9. The Bertz CT molecular complexity index is 271. The van der Waals surface area contributed by atoms with Gasteiger partial charge in [0.25, 0.3) is 0 Å². The Morgan fingerprint density at radius 3 is 2.58 bits per heavy atom. The van der Waals surface area contributed by atoms with Crippen LogP contribution in [-0.2, 0) is 14.3 Å². The fourth-order valence-corrected chi connectivity index (χ4v) is 1.70. The van der Waals surface area contributed by atoms with E-state index in [1.807, 2.05) is 0 Å². The molecule has 0 saturated carbocycles. The normalized spacial score (nSPS) is 12.0. The number of aliphatic hydroxyl groups is 1. The van der Waals surface area contributed by atoms with E-state index in [1.165, 1.54) is 18.9 Å². The molecule has 6 nitrogen and oxygen atoms in total. The molecule has 0 fully saturated rings. The van der Waals surface area contributed by atoms with Gasteiger partial charge in [0.2, 0.25) is 11.8 Å². The van der Waals surface area contributed by atoms with E-state index in [9.17, 15) is 14.7 Å². The highest BCUT2D eigenvalue weighted by Gasteiger charge is 2.12. The predicted octanol–water partition coefficient (Wildman–Crippen LogP) is 0.149. The molecule has 0 aliphatic rings. The number of methoxy groups -OCH3 is 1. The van der Waals surface area contributed by atoms with Crippen molar-refractivity contribution in [2.24, 2.45) is 0 Å². The zero-order valence-electron chi connectivity index (χ0n) is 12.1. The second-order valence-electron chi connectivity index (χ2n) is 4.68. The number of hydrogen-bond donors (Lipinski definition) is 2. The number of hydrogen-bond acceptors (Lipinski definition) is 4. The Balaban J connectivity index is 3.59. The molecular weight excluding hydrogens is 248 g/mol. The maximum Gasteiger partial charge on any atom is 0.222 e. The third kappa shape index (κ3) is 10.5. The summed E-state index contributed by atoms with van der Waals surface area (Å²) >= 11 is 0. The van der Waals surface area contributed by atoms with Gasteiger partial charge in [0.1, 0.15) is 0 Å². The van der Waals surface area contributed by atoms with Gasteiger partial charge in [0.05, 0.1) is 12.7 Å². The van der Waals surface area contributed by atoms with Gasteiger partial charge in [-0.25, -0.2) is 0 Å². The van der Waals surface area contributed by atoms with Crippen LogP contribution in [0.3, 0.4) is 0 Å². The van der Waals surface area contributed by atoms with Gasteiger partial charge in [-0.2, -0.15) is 0 Å². The van der Waals surface area contributed by atoms with Gasteiger partial charge >= 0.3 is 0 Å². The summed E-state index contributed by atoms with van der Waals surface area (Å²) in [7, 11) is 3.19. The summed E-state index contributed by atoms with van der Waals surface area (Å²) in [5, 5.41) is 12.2. The van der Waals surface area contributed by atoms with Gasteiger partial charge in [-0.3, -0.25) is 9.59 Å². The van der Waals surface area contributed by atoms with Crippen molar-refractivity contribution in [1.29, 1.82) is 0 Å². The average Bonchev–Trinajstić information content (AvgIpc) is 2.33. The lowest BCUT2D eigenvalue weighted by molar-refractivity contribution is -0.131. The summed E-state index contributed by atoms with van der Waals surface area (Å²) in [6.07, 6.45) is 2.40. The molecule has 2 N–H and O–H groups in total. The van der Waals surface area contributed by atoms with Crippen molar-refractivity contribution in [3.05, 3.63) is 0 Å². The number of aliphatic hydroxyl groups excluding tert-OH is 1. The van der Waals surface area contributed by atoms with Crippen LogP contribution in [-0.4, -0.2) is 61.8 Å². The predicted molar refractivity (Wildman–Crippen MR) is 72.7 cm³/mol. The number of unbranched alkanes of at least 4 members (excludes halogenated alkanes) is 2. The summed E-state index contributed by atoms with van der Waals surface area (Å²) in [6, 6.07) is 0. The first-order valence-corrected chi connectivity index (χ1v) is 6.62. The Labute approximate surface area is 115 Å². The van der Waals surface area contributed by atoms with Crippen LogP contribution in [0, 0.1) is 0 Å². The topological polar surface area (TPSA) is 78.9 Å². The molecule has 0 saturated heterocycles. The Morgan fingerprint density at radius 2 is 2.00 bits per heavy atom. The lowest BCUT2D eigenvalue weighted by Gasteiger charge is -2.20. The summed E-state index contributed by atoms with van der Waals surface area (Å²) in [5.74, 6) is -0.00220. The molecule has 0 aliphatic heterocycles. The number of ether oxygens (including phenoxy) is 1. The minimum atomic E-state index is -0.640. The van der Waals surface area contributed by atoms with Gasteiger partial charge in [-0.1, -0.05) is 6.42 Å². The van der Waals surface area contributed by atoms with Crippen molar-refractivity contribution in [2.45, 2.75) is 38.7 Å². The molecule has 1 unspecified atom stereocenters. The largest absolute Gasteiger partial charge is 0.389 e. The van der Waals surface area contributed by atoms with Crippen LogP contribution in [0.5, 0.6) is 0 Å². The van der Waals surface area contributed by atoms with E-state index in [-0.39, 0.29) is 18.4 Å². The van der Waals surface area contributed by atoms with Crippen molar-refractivity contribution >= 4 is 11.8 Å². The average molecular weight is 274 g/mol. The summed E-state index contributed by atoms with van der Waals surface area (Å²) in [5.41, 5.74) is 0. The third-order valence-electron chi connectivity index (χ3n) is 2.71. The van der Waals surface area contributed by atoms with E-state index < -0.39 is 6.10 Å². The first kappa shape index (κ1) is 17.9. The Morgan fingerprint density at radius 1 is 1.32 bits per heavy atom. The van der Waals surface area contributed by atoms with E-state index in [0.29, 0.717) is 19.5 Å². The third-order valence-corrected chi connectivity index (χ3v) is 2.71. The van der Waals surface area contributed by atoms with E-state index >= 15 is 0 Å². The number of carbonyl (C=O) groups is 2. The quantitative estimate of drug-likeness (QED) is 0.556. The van der Waals surface area contributed by atoms with Gasteiger partial charge < -0.3 is 20.1 Å². The molecule has 19 heavy (non-hydrogen) atoms. The highest BCUT2D eigenvalue weighted by molar-refractivity contribution is 5.75. The van der Waals surface area contributed by atoms with Crippen molar-refractivity contribution in [3.63, 3.8) is 0 Å². The van der Waals surface area contributed by atoms with E-state index in [1.54, 1.807) is 7.05 Å². The van der Waals surface area contributed by atoms with Crippen LogP contribution in [0.4, 0.5) is 0 Å². The van der Waals surface area contributed by atoms with E-state index in [0.717, 1.165) is 19.3 Å². The molecule has 0 spiro atoms. The lowest BCUT2D eigenvalue weighted by Crippen LogP contribution is -2.36. The zero-order valence-corrected chi connectivity index (χ0v) is 12.1. The molecule has 0 heterocycles. The number of nitrogens with zero attached hydrogens (tertiary/aromatic N) is 1. The SMILES string of the molecule is COCC(O)CN(C)C(=O)CCCCCNC(C)=O. The van der Waals surface area contributed by atoms with Crippen molar-refractivity contribution in [1.82, 2.24) is 10.2 Å². The fourth-order valence-electron chi connectivity index (χ4n) is 1.70. The maximum absolute atomic E-state index is 11.7. The smallest absolute Gasteiger partial charge is 0.222 e. The molecule has 0 aromatic rings. The highest BCUT2D eigenvalue weighted by Crippen LogP contribution is 2.03. The Hall–Kier alpha value is -1.14. The molecule has 0 rings (SSSR count). The monoisotopic (exact) mass is 274 g/mol. The van der Waals surface area contributed by atoms with Crippen LogP contribution in [0.25, 0.3) is 0 Å². The molecular formula is C13H26N2O4. The van der Waals surface area contributed by atoms with Gasteiger partial charge in [-0.15, -0.1) is 0 Å². The van der Waals surface area contributed by atoms with Crippen LogP contribution < -0.4 is 5.32 Å². The molecule has 0 aliphatic carbocycles. The summed E-state index contributed by atoms with van der Waals surface area (Å²) < 4.78 is 4.81. The maximum atomic E-state index is 11.7. The highest BCUT2D eigenvalue weighted by atomic mass is 16.5. The molecule has 1 atom stereocenters. The first-order chi connectivity index (χ1) is 8.97. The number of amides is 2. The minimum Gasteiger partial charge on any atom is -0.389 e. The molecule has 0 bridgehead atoms. The van der Waals surface area contributed by atoms with Gasteiger partial charge in [0.15, 0.2) is 0 Å². The van der Waals surface area contributed by atoms with Crippen LogP contribution >= 0.6 is 0 Å². The standard InChI is InChI=1S/C13H26N2O4/c1-11(16)14-8-6-4-5-7-13(18)15(2)9-12(17)10-19-3/h12,17H,4-10H2,1-3H3,(H,14,16). The van der Waals surface area contributed by atoms with E-state index in [2.05, 4.69) is 5.32 Å². The lowest BCUT2D eigenvalue weighted by atomic mass is 10.1. The minimum absolute atomic E-state index is 0.0229. The van der Waals surface area contributed by atoms with Crippen LogP contribution in [0.2, 0.25) is 0 Å². The molecule has 6 heteroatoms. The van der Waals surface area contributed by atoms with Crippen molar-refractivity contribution < 1.29 is 19.4 Å². The molecule has 112 valence electrons. The second kappa shape index (κ2) is 10.8. The van der Waals surface area contributed by atoms with Crippen molar-refractivity contribution in [3.8, 4) is 0 Å². The fraction of sp³-hybridized carbons (Fsp3) is 0.846. The number of rotatable bonds is 10. The molecule has 0 radical (unpaired) electrons. The van der Waals surface area contributed by atoms with Crippen LogP contribution in [0.15, 0.2) is 0 Å². The number of nitrogens with one attached hydrogen (secondary N) is 1. The number of carbonyl (C=O) groups excluding carboxylic acids is 2. The van der Waals surface area contributed by atoms with Gasteiger partial charge in [0, 0.05) is 40.6 Å². The molecule has 2 amide bonds. The Kier molecular flexibility index (Phi) is 10.1. The van der Waals surface area contributed by atoms with Crippen LogP contribution in [0.1, 0.15) is 32.6 Å².